The van der Waals surface area contributed by atoms with Crippen LogP contribution in [0.3, 0.4) is 0 Å². The number of hydrogen-bond donors (Lipinski definition) is 2. The Labute approximate surface area is 239 Å². The number of hydrogen-bond acceptors (Lipinski definition) is 12. The molecule has 11 nitrogen and oxygen atoms in total. The van der Waals surface area contributed by atoms with Crippen LogP contribution < -0.4 is 24.4 Å². The van der Waals surface area contributed by atoms with Crippen molar-refractivity contribution in [2.24, 2.45) is 5.92 Å². The summed E-state index contributed by atoms with van der Waals surface area (Å²) in [7, 11) is 2.84. The third-order valence-electron chi connectivity index (χ3n) is 5.72. The molecule has 1 saturated heterocycles. The number of allylic oxidation sites excluding steroid dienone is 1. The van der Waals surface area contributed by atoms with E-state index in [2.05, 4.69) is 0 Å². The smallest absolute Gasteiger partial charge is 0.325 e. The SMILES string of the molecule is COC(=O)CN1/C(=C(\C=c2\s/c(=C3\SC(=S)N(O)C3=O)n(CC(=O)O)c2=O)C(C)C)Sc2ccc(OC)cc21. The predicted molar refractivity (Wildman–Crippen MR) is 152 cm³/mol. The van der Waals surface area contributed by atoms with Crippen molar-refractivity contribution in [3.05, 3.63) is 48.4 Å². The van der Waals surface area contributed by atoms with Crippen LogP contribution in [0.4, 0.5) is 5.69 Å². The van der Waals surface area contributed by atoms with E-state index >= 15 is 0 Å². The van der Waals surface area contributed by atoms with Crippen LogP contribution in [0.2, 0.25) is 0 Å². The van der Waals surface area contributed by atoms with Crippen molar-refractivity contribution in [1.29, 1.82) is 0 Å². The van der Waals surface area contributed by atoms with Gasteiger partial charge < -0.3 is 19.5 Å². The number of nitrogens with zero attached hydrogens (tertiary/aromatic N) is 3. The highest BCUT2D eigenvalue weighted by molar-refractivity contribution is 8.30. The molecule has 3 heterocycles. The van der Waals surface area contributed by atoms with Crippen molar-refractivity contribution in [1.82, 2.24) is 9.63 Å². The summed E-state index contributed by atoms with van der Waals surface area (Å²) < 4.78 is 11.4. The summed E-state index contributed by atoms with van der Waals surface area (Å²) in [5.74, 6) is -2.10. The monoisotopic (exact) mass is 609 g/mol. The zero-order valence-electron chi connectivity index (χ0n) is 21.1. The highest BCUT2D eigenvalue weighted by atomic mass is 32.2. The summed E-state index contributed by atoms with van der Waals surface area (Å²) in [5.41, 5.74) is 0.837. The molecule has 0 saturated carbocycles. The first-order chi connectivity index (χ1) is 18.5. The molecular formula is C24H23N3O8S4. The van der Waals surface area contributed by atoms with Gasteiger partial charge >= 0.3 is 11.9 Å². The first-order valence-corrected chi connectivity index (χ1v) is 14.2. The molecule has 0 bridgehead atoms. The average Bonchev–Trinajstić information content (AvgIpc) is 3.49. The van der Waals surface area contributed by atoms with Gasteiger partial charge in [0.2, 0.25) is 0 Å². The van der Waals surface area contributed by atoms with Gasteiger partial charge in [0.05, 0.1) is 29.5 Å². The molecule has 39 heavy (non-hydrogen) atoms. The van der Waals surface area contributed by atoms with Gasteiger partial charge in [-0.05, 0) is 53.7 Å². The lowest BCUT2D eigenvalue weighted by molar-refractivity contribution is -0.140. The number of carbonyl (C=O) groups excluding carboxylic acids is 2. The molecule has 2 aromatic rings. The van der Waals surface area contributed by atoms with Crippen LogP contribution in [-0.4, -0.2) is 62.9 Å². The molecule has 0 radical (unpaired) electrons. The van der Waals surface area contributed by atoms with E-state index in [4.69, 9.17) is 21.7 Å². The van der Waals surface area contributed by atoms with E-state index < -0.39 is 29.9 Å². The van der Waals surface area contributed by atoms with Crippen molar-refractivity contribution in [2.75, 3.05) is 25.7 Å². The van der Waals surface area contributed by atoms with Crippen LogP contribution in [0.5, 0.6) is 5.75 Å². The van der Waals surface area contributed by atoms with E-state index in [0.29, 0.717) is 21.4 Å². The normalized spacial score (nSPS) is 18.3. The Morgan fingerprint density at radius 3 is 2.44 bits per heavy atom. The number of rotatable bonds is 7. The quantitative estimate of drug-likeness (QED) is 0.269. The summed E-state index contributed by atoms with van der Waals surface area (Å²) in [6.07, 6.45) is 1.65. The second-order valence-corrected chi connectivity index (χ2v) is 12.2. The van der Waals surface area contributed by atoms with Gasteiger partial charge in [-0.25, -0.2) is 0 Å². The second kappa shape index (κ2) is 11.6. The van der Waals surface area contributed by atoms with Gasteiger partial charge in [0.25, 0.3) is 11.5 Å². The van der Waals surface area contributed by atoms with Crippen molar-refractivity contribution >= 4 is 85.9 Å². The van der Waals surface area contributed by atoms with Gasteiger partial charge in [-0.3, -0.25) is 29.0 Å². The Hall–Kier alpha value is -3.11. The first-order valence-electron chi connectivity index (χ1n) is 11.3. The lowest BCUT2D eigenvalue weighted by atomic mass is 10.0. The molecule has 0 atom stereocenters. The molecule has 0 spiro atoms. The molecule has 1 aromatic carbocycles. The number of methoxy groups -OCH3 is 2. The predicted octanol–water partition coefficient (Wildman–Crippen LogP) is 1.79. The summed E-state index contributed by atoms with van der Waals surface area (Å²) in [4.78, 5) is 52.5. The molecule has 4 rings (SSSR count). The lowest BCUT2D eigenvalue weighted by Crippen LogP contribution is -2.35. The molecule has 1 aromatic heterocycles. The van der Waals surface area contributed by atoms with Gasteiger partial charge in [-0.15, -0.1) is 11.3 Å². The molecule has 0 aliphatic carbocycles. The van der Waals surface area contributed by atoms with E-state index in [1.165, 1.54) is 18.9 Å². The van der Waals surface area contributed by atoms with Crippen molar-refractivity contribution in [2.45, 2.75) is 25.3 Å². The zero-order chi connectivity index (χ0) is 28.6. The molecule has 2 aliphatic heterocycles. The topological polar surface area (TPSA) is 139 Å². The molecule has 2 aliphatic rings. The largest absolute Gasteiger partial charge is 0.497 e. The van der Waals surface area contributed by atoms with Crippen molar-refractivity contribution < 1.29 is 34.2 Å². The Morgan fingerprint density at radius 1 is 1.15 bits per heavy atom. The summed E-state index contributed by atoms with van der Waals surface area (Å²) in [5, 5.41) is 20.3. The second-order valence-electron chi connectivity index (χ2n) is 8.53. The minimum absolute atomic E-state index is 0.0358. The molecule has 206 valence electrons. The number of esters is 1. The fourth-order valence-corrected chi connectivity index (χ4v) is 7.46. The van der Waals surface area contributed by atoms with E-state index in [-0.39, 0.29) is 30.9 Å². The number of anilines is 1. The average molecular weight is 610 g/mol. The van der Waals surface area contributed by atoms with Gasteiger partial charge in [0, 0.05) is 11.0 Å². The van der Waals surface area contributed by atoms with E-state index in [1.54, 1.807) is 18.1 Å². The number of amides is 1. The van der Waals surface area contributed by atoms with Crippen LogP contribution in [0.15, 0.2) is 38.5 Å². The third kappa shape index (κ3) is 5.63. The van der Waals surface area contributed by atoms with E-state index in [0.717, 1.165) is 38.2 Å². The van der Waals surface area contributed by atoms with Crippen LogP contribution in [0.1, 0.15) is 13.8 Å². The summed E-state index contributed by atoms with van der Waals surface area (Å²) in [6, 6.07) is 5.49. The van der Waals surface area contributed by atoms with Crippen molar-refractivity contribution in [3.8, 4) is 5.75 Å². The van der Waals surface area contributed by atoms with E-state index in [9.17, 15) is 29.5 Å². The number of thioether (sulfide) groups is 2. The first kappa shape index (κ1) is 28.9. The number of hydroxylamine groups is 2. The number of benzene rings is 1. The van der Waals surface area contributed by atoms with Crippen LogP contribution in [0, 0.1) is 5.92 Å². The molecule has 1 amide bonds. The number of thiazole rings is 1. The molecule has 0 unspecified atom stereocenters. The Bertz CT molecular complexity index is 1610. The maximum absolute atomic E-state index is 13.4. The number of aliphatic carboxylic acids is 1. The summed E-state index contributed by atoms with van der Waals surface area (Å²) >= 11 is 8.11. The Balaban J connectivity index is 1.98. The molecule has 1 fully saturated rings. The number of carbonyl (C=O) groups is 3. The maximum atomic E-state index is 13.4. The Kier molecular flexibility index (Phi) is 8.56. The number of carboxylic acid groups (broad SMARTS) is 1. The zero-order valence-corrected chi connectivity index (χ0v) is 24.4. The third-order valence-corrected chi connectivity index (χ3v) is 9.54. The van der Waals surface area contributed by atoms with Crippen molar-refractivity contribution in [3.63, 3.8) is 0 Å². The minimum Gasteiger partial charge on any atom is -0.497 e. The highest BCUT2D eigenvalue weighted by Crippen LogP contribution is 2.49. The number of aromatic nitrogens is 1. The van der Waals surface area contributed by atoms with Crippen LogP contribution in [-0.2, 0) is 25.7 Å². The van der Waals surface area contributed by atoms with Gasteiger partial charge in [-0.2, -0.15) is 5.06 Å². The molecule has 15 heteroatoms. The van der Waals surface area contributed by atoms with Crippen LogP contribution >= 0.6 is 47.1 Å². The fourth-order valence-electron chi connectivity index (χ4n) is 3.83. The lowest BCUT2D eigenvalue weighted by Gasteiger charge is -2.22. The number of carboxylic acids is 1. The standard InChI is InChI=1S/C24H23N3O8S4/c1-11(2)13(22-25(10-18(30)35-4)14-7-12(34-3)5-6-15(14)37-22)8-16-20(31)26(9-17(28)29)23(38-16)19-21(32)27(33)24(36)39-19/h5-8,11,33H,9-10H2,1-4H3,(H,28,29)/b16-8+,22-13-,23-19-. The summed E-state index contributed by atoms with van der Waals surface area (Å²) in [6.45, 7) is 3.08. The van der Waals surface area contributed by atoms with Gasteiger partial charge in [0.15, 0.2) is 4.32 Å². The van der Waals surface area contributed by atoms with Crippen LogP contribution in [0.25, 0.3) is 11.0 Å². The maximum Gasteiger partial charge on any atom is 0.325 e. The van der Waals surface area contributed by atoms with E-state index in [1.807, 2.05) is 32.0 Å². The Morgan fingerprint density at radius 2 is 1.87 bits per heavy atom. The number of thiocarbonyl (C=S) groups is 1. The van der Waals surface area contributed by atoms with Gasteiger partial charge in [-0.1, -0.05) is 25.6 Å². The van der Waals surface area contributed by atoms with Gasteiger partial charge in [0.1, 0.15) is 28.4 Å². The fraction of sp³-hybridized carbons (Fsp3) is 0.292. The molecule has 2 N–H and O–H groups in total. The number of ether oxygens (including phenoxy) is 2. The number of fused-ring (bicyclic) bond motifs is 1. The highest BCUT2D eigenvalue weighted by Gasteiger charge is 2.34. The molecular weight excluding hydrogens is 587 g/mol. The minimum atomic E-state index is -1.27.